The summed E-state index contributed by atoms with van der Waals surface area (Å²) in [5, 5.41) is 0.844. The lowest BCUT2D eigenvalue weighted by molar-refractivity contribution is 0.407. The van der Waals surface area contributed by atoms with Gasteiger partial charge in [0.05, 0.1) is 7.11 Å². The fourth-order valence-corrected chi connectivity index (χ4v) is 1.82. The van der Waals surface area contributed by atoms with Crippen molar-refractivity contribution in [3.63, 3.8) is 0 Å². The highest BCUT2D eigenvalue weighted by molar-refractivity contribution is 6.31. The fraction of sp³-hybridized carbons (Fsp3) is 0.571. The zero-order chi connectivity index (χ0) is 12.7. The lowest BCUT2D eigenvalue weighted by atomic mass is 9.99. The molecule has 16 heavy (non-hydrogen) atoms. The Morgan fingerprint density at radius 3 is 2.19 bits per heavy atom. The molecule has 1 nitrogen and oxygen atoms in total. The molecular weight excluding hydrogens is 220 g/mol. The van der Waals surface area contributed by atoms with E-state index in [0.29, 0.717) is 5.92 Å². The van der Waals surface area contributed by atoms with Crippen molar-refractivity contribution in [3.05, 3.63) is 28.3 Å². The standard InChI is InChI=1S/C12H17ClO.C2H6/c1-5-9-6-12(14-4)10(8(2)3)7-11(9)13;1-2/h6-8H,5H2,1-4H3;1-2H3. The van der Waals surface area contributed by atoms with Gasteiger partial charge >= 0.3 is 0 Å². The van der Waals surface area contributed by atoms with Gasteiger partial charge in [0.2, 0.25) is 0 Å². The zero-order valence-electron chi connectivity index (χ0n) is 11.2. The predicted molar refractivity (Wildman–Crippen MR) is 72.8 cm³/mol. The van der Waals surface area contributed by atoms with Crippen LogP contribution in [0.15, 0.2) is 12.1 Å². The van der Waals surface area contributed by atoms with E-state index in [1.807, 2.05) is 26.0 Å². The molecule has 0 saturated heterocycles. The Balaban J connectivity index is 0.00000106. The zero-order valence-corrected chi connectivity index (χ0v) is 12.0. The van der Waals surface area contributed by atoms with Gasteiger partial charge in [-0.15, -0.1) is 0 Å². The summed E-state index contributed by atoms with van der Waals surface area (Å²) in [6, 6.07) is 4.06. The summed E-state index contributed by atoms with van der Waals surface area (Å²) >= 11 is 6.15. The van der Waals surface area contributed by atoms with Crippen LogP contribution in [0.2, 0.25) is 5.02 Å². The van der Waals surface area contributed by atoms with E-state index in [1.54, 1.807) is 7.11 Å². The Labute approximate surface area is 105 Å². The molecule has 0 heterocycles. The van der Waals surface area contributed by atoms with E-state index in [-0.39, 0.29) is 0 Å². The third kappa shape index (κ3) is 3.71. The van der Waals surface area contributed by atoms with E-state index in [1.165, 1.54) is 5.56 Å². The average Bonchev–Trinajstić information content (AvgIpc) is 2.31. The Morgan fingerprint density at radius 2 is 1.81 bits per heavy atom. The van der Waals surface area contributed by atoms with Crippen LogP contribution in [0.25, 0.3) is 0 Å². The summed E-state index contributed by atoms with van der Waals surface area (Å²) in [5.41, 5.74) is 2.32. The van der Waals surface area contributed by atoms with E-state index in [0.717, 1.165) is 22.8 Å². The molecule has 1 aromatic rings. The van der Waals surface area contributed by atoms with E-state index in [2.05, 4.69) is 20.8 Å². The first-order valence-corrected chi connectivity index (χ1v) is 6.34. The third-order valence-electron chi connectivity index (χ3n) is 2.40. The summed E-state index contributed by atoms with van der Waals surface area (Å²) in [7, 11) is 1.70. The summed E-state index contributed by atoms with van der Waals surface area (Å²) in [6.07, 6.45) is 0.938. The van der Waals surface area contributed by atoms with E-state index in [9.17, 15) is 0 Å². The molecule has 0 aliphatic heterocycles. The summed E-state index contributed by atoms with van der Waals surface area (Å²) < 4.78 is 5.35. The molecule has 0 fully saturated rings. The van der Waals surface area contributed by atoms with Crippen molar-refractivity contribution in [1.82, 2.24) is 0 Å². The summed E-state index contributed by atoms with van der Waals surface area (Å²) in [6.45, 7) is 10.4. The van der Waals surface area contributed by atoms with Gasteiger partial charge in [-0.1, -0.05) is 46.2 Å². The number of rotatable bonds is 3. The smallest absolute Gasteiger partial charge is 0.122 e. The Hall–Kier alpha value is -0.690. The molecule has 2 heteroatoms. The molecule has 0 amide bonds. The van der Waals surface area contributed by atoms with Crippen molar-refractivity contribution in [2.24, 2.45) is 0 Å². The van der Waals surface area contributed by atoms with Crippen LogP contribution in [0, 0.1) is 0 Å². The maximum Gasteiger partial charge on any atom is 0.122 e. The summed E-state index contributed by atoms with van der Waals surface area (Å²) in [5.74, 6) is 1.38. The molecule has 0 aliphatic rings. The first-order chi connectivity index (χ1) is 7.60. The number of hydrogen-bond acceptors (Lipinski definition) is 1. The quantitative estimate of drug-likeness (QED) is 0.720. The van der Waals surface area contributed by atoms with Gasteiger partial charge in [0.25, 0.3) is 0 Å². The van der Waals surface area contributed by atoms with E-state index >= 15 is 0 Å². The van der Waals surface area contributed by atoms with Crippen molar-refractivity contribution in [1.29, 1.82) is 0 Å². The molecule has 1 rings (SSSR count). The second kappa shape index (κ2) is 7.56. The molecule has 0 N–H and O–H groups in total. The Bertz CT molecular complexity index is 319. The lowest BCUT2D eigenvalue weighted by Gasteiger charge is -2.14. The van der Waals surface area contributed by atoms with Gasteiger partial charge in [0, 0.05) is 5.02 Å². The highest BCUT2D eigenvalue weighted by atomic mass is 35.5. The van der Waals surface area contributed by atoms with Gasteiger partial charge in [-0.3, -0.25) is 0 Å². The van der Waals surface area contributed by atoms with Gasteiger partial charge in [-0.25, -0.2) is 0 Å². The number of methoxy groups -OCH3 is 1. The molecule has 0 atom stereocenters. The summed E-state index contributed by atoms with van der Waals surface area (Å²) in [4.78, 5) is 0. The third-order valence-corrected chi connectivity index (χ3v) is 2.75. The lowest BCUT2D eigenvalue weighted by Crippen LogP contribution is -1.96. The highest BCUT2D eigenvalue weighted by Crippen LogP contribution is 2.32. The Morgan fingerprint density at radius 1 is 1.25 bits per heavy atom. The van der Waals surface area contributed by atoms with Gasteiger partial charge in [0.15, 0.2) is 0 Å². The number of hydrogen-bond donors (Lipinski definition) is 0. The number of halogens is 1. The van der Waals surface area contributed by atoms with Gasteiger partial charge < -0.3 is 4.74 Å². The van der Waals surface area contributed by atoms with E-state index in [4.69, 9.17) is 16.3 Å². The molecule has 92 valence electrons. The largest absolute Gasteiger partial charge is 0.496 e. The van der Waals surface area contributed by atoms with Crippen molar-refractivity contribution in [3.8, 4) is 5.75 Å². The van der Waals surface area contributed by atoms with Crippen LogP contribution in [0.4, 0.5) is 0 Å². The molecule has 1 aromatic carbocycles. The second-order valence-corrected chi connectivity index (χ2v) is 4.10. The van der Waals surface area contributed by atoms with E-state index < -0.39 is 0 Å². The van der Waals surface area contributed by atoms with Crippen LogP contribution in [-0.2, 0) is 6.42 Å². The molecule has 0 radical (unpaired) electrons. The van der Waals surface area contributed by atoms with Crippen LogP contribution in [-0.4, -0.2) is 7.11 Å². The molecule has 0 saturated carbocycles. The van der Waals surface area contributed by atoms with Crippen LogP contribution < -0.4 is 4.74 Å². The topological polar surface area (TPSA) is 9.23 Å². The molecule has 0 spiro atoms. The van der Waals surface area contributed by atoms with Crippen molar-refractivity contribution >= 4 is 11.6 Å². The minimum absolute atomic E-state index is 0.438. The predicted octanol–water partition coefficient (Wildman–Crippen LogP) is 5.06. The molecule has 0 aromatic heterocycles. The molecule has 0 unspecified atom stereocenters. The van der Waals surface area contributed by atoms with Gasteiger partial charge in [-0.05, 0) is 35.6 Å². The average molecular weight is 243 g/mol. The molecule has 0 aliphatic carbocycles. The Kier molecular flexibility index (Phi) is 7.24. The number of aryl methyl sites for hydroxylation is 1. The van der Waals surface area contributed by atoms with Crippen LogP contribution in [0.5, 0.6) is 5.75 Å². The minimum Gasteiger partial charge on any atom is -0.496 e. The van der Waals surface area contributed by atoms with Crippen molar-refractivity contribution in [2.75, 3.05) is 7.11 Å². The SMILES string of the molecule is CC.CCc1cc(OC)c(C(C)C)cc1Cl. The normalized spacial score (nSPS) is 9.75. The van der Waals surface area contributed by atoms with Crippen LogP contribution in [0.3, 0.4) is 0 Å². The molecule has 0 bridgehead atoms. The second-order valence-electron chi connectivity index (χ2n) is 3.69. The van der Waals surface area contributed by atoms with Crippen LogP contribution in [0.1, 0.15) is 51.7 Å². The number of benzene rings is 1. The highest BCUT2D eigenvalue weighted by Gasteiger charge is 2.10. The fourth-order valence-electron chi connectivity index (χ4n) is 1.51. The van der Waals surface area contributed by atoms with Crippen LogP contribution >= 0.6 is 11.6 Å². The minimum atomic E-state index is 0.438. The van der Waals surface area contributed by atoms with Crippen molar-refractivity contribution < 1.29 is 4.74 Å². The maximum atomic E-state index is 6.15. The molecular formula is C14H23ClO. The maximum absolute atomic E-state index is 6.15. The monoisotopic (exact) mass is 242 g/mol. The van der Waals surface area contributed by atoms with Gasteiger partial charge in [0.1, 0.15) is 5.75 Å². The first-order valence-electron chi connectivity index (χ1n) is 5.96. The van der Waals surface area contributed by atoms with Crippen molar-refractivity contribution in [2.45, 2.75) is 47.0 Å². The van der Waals surface area contributed by atoms with Gasteiger partial charge in [-0.2, -0.15) is 0 Å². The number of ether oxygens (including phenoxy) is 1. The first kappa shape index (κ1) is 15.3.